The molecule has 6 heteroatoms. The molecule has 0 aliphatic carbocycles. The Morgan fingerprint density at radius 1 is 1.35 bits per heavy atom. The van der Waals surface area contributed by atoms with E-state index in [4.69, 9.17) is 0 Å². The van der Waals surface area contributed by atoms with Gasteiger partial charge in [-0.05, 0) is 38.3 Å². The second kappa shape index (κ2) is 6.63. The summed E-state index contributed by atoms with van der Waals surface area (Å²) in [5.41, 5.74) is -0.0181. The molecule has 0 radical (unpaired) electrons. The third kappa shape index (κ3) is 4.52. The zero-order chi connectivity index (χ0) is 14.6. The van der Waals surface area contributed by atoms with E-state index in [9.17, 15) is 4.79 Å². The molecule has 1 amide bonds. The van der Waals surface area contributed by atoms with Crippen molar-refractivity contribution < 1.29 is 4.79 Å². The predicted octanol–water partition coefficient (Wildman–Crippen LogP) is 2.55. The minimum Gasteiger partial charge on any atom is -0.317 e. The number of hydrogen-bond acceptors (Lipinski definition) is 5. The molecule has 0 saturated carbocycles. The summed E-state index contributed by atoms with van der Waals surface area (Å²) in [6.07, 6.45) is 3.91. The van der Waals surface area contributed by atoms with E-state index in [-0.39, 0.29) is 11.3 Å². The zero-order valence-electron chi connectivity index (χ0n) is 12.5. The van der Waals surface area contributed by atoms with Gasteiger partial charge < -0.3 is 10.6 Å². The second-order valence-electron chi connectivity index (χ2n) is 6.44. The Bertz CT molecular complexity index is 446. The molecule has 1 aromatic rings. The topological polar surface area (TPSA) is 66.9 Å². The van der Waals surface area contributed by atoms with Gasteiger partial charge in [-0.3, -0.25) is 4.79 Å². The van der Waals surface area contributed by atoms with Gasteiger partial charge in [0, 0.05) is 11.8 Å². The van der Waals surface area contributed by atoms with Crippen molar-refractivity contribution in [2.45, 2.75) is 51.9 Å². The molecule has 0 spiro atoms. The van der Waals surface area contributed by atoms with E-state index in [0.717, 1.165) is 24.5 Å². The van der Waals surface area contributed by atoms with Crippen LogP contribution in [0.15, 0.2) is 0 Å². The van der Waals surface area contributed by atoms with E-state index < -0.39 is 0 Å². The summed E-state index contributed by atoms with van der Waals surface area (Å²) in [5.74, 6) is 0.738. The monoisotopic (exact) mass is 296 g/mol. The van der Waals surface area contributed by atoms with Gasteiger partial charge in [0.1, 0.15) is 5.01 Å². The Morgan fingerprint density at radius 2 is 2.05 bits per heavy atom. The van der Waals surface area contributed by atoms with Crippen molar-refractivity contribution in [3.63, 3.8) is 0 Å². The average Bonchev–Trinajstić information content (AvgIpc) is 2.86. The molecule has 20 heavy (non-hydrogen) atoms. The number of anilines is 1. The fourth-order valence-corrected chi connectivity index (χ4v) is 3.08. The van der Waals surface area contributed by atoms with E-state index in [0.29, 0.717) is 17.5 Å². The Morgan fingerprint density at radius 3 is 2.65 bits per heavy atom. The van der Waals surface area contributed by atoms with Crippen molar-refractivity contribution in [3.05, 3.63) is 5.01 Å². The number of rotatable bonds is 4. The first-order chi connectivity index (χ1) is 9.45. The summed E-state index contributed by atoms with van der Waals surface area (Å²) in [6.45, 7) is 8.44. The van der Waals surface area contributed by atoms with Gasteiger partial charge in [-0.2, -0.15) is 0 Å². The molecule has 2 rings (SSSR count). The van der Waals surface area contributed by atoms with Gasteiger partial charge in [-0.15, -0.1) is 10.2 Å². The van der Waals surface area contributed by atoms with Gasteiger partial charge >= 0.3 is 0 Å². The van der Waals surface area contributed by atoms with Crippen molar-refractivity contribution in [2.75, 3.05) is 18.4 Å². The van der Waals surface area contributed by atoms with Crippen LogP contribution >= 0.6 is 11.3 Å². The van der Waals surface area contributed by atoms with Crippen LogP contribution in [0.1, 0.15) is 51.5 Å². The highest BCUT2D eigenvalue weighted by Crippen LogP contribution is 2.27. The van der Waals surface area contributed by atoms with Gasteiger partial charge in [0.2, 0.25) is 11.0 Å². The van der Waals surface area contributed by atoms with E-state index in [1.807, 2.05) is 0 Å². The first-order valence-corrected chi connectivity index (χ1v) is 8.11. The highest BCUT2D eigenvalue weighted by molar-refractivity contribution is 7.15. The lowest BCUT2D eigenvalue weighted by Gasteiger charge is -2.21. The van der Waals surface area contributed by atoms with Gasteiger partial charge in [0.15, 0.2) is 0 Å². The molecule has 1 aliphatic heterocycles. The SMILES string of the molecule is CC(C)(C)c1nnc(NC(=O)CCC2CCNCC2)s1. The number of amides is 1. The molecule has 0 atom stereocenters. The maximum absolute atomic E-state index is 11.9. The molecule has 1 aromatic heterocycles. The minimum atomic E-state index is -0.0181. The van der Waals surface area contributed by atoms with Crippen LogP contribution in [0.5, 0.6) is 0 Å². The molecule has 2 heterocycles. The summed E-state index contributed by atoms with van der Waals surface area (Å²) in [5, 5.41) is 16.0. The smallest absolute Gasteiger partial charge is 0.226 e. The molecular weight excluding hydrogens is 272 g/mol. The normalized spacial score (nSPS) is 17.1. The molecular formula is C14H24N4OS. The first kappa shape index (κ1) is 15.4. The molecule has 1 fully saturated rings. The van der Waals surface area contributed by atoms with Crippen molar-refractivity contribution in [1.82, 2.24) is 15.5 Å². The molecule has 5 nitrogen and oxygen atoms in total. The van der Waals surface area contributed by atoms with Gasteiger partial charge in [0.25, 0.3) is 0 Å². The van der Waals surface area contributed by atoms with Crippen molar-refractivity contribution in [1.29, 1.82) is 0 Å². The summed E-state index contributed by atoms with van der Waals surface area (Å²) in [4.78, 5) is 11.9. The molecule has 2 N–H and O–H groups in total. The maximum atomic E-state index is 11.9. The van der Waals surface area contributed by atoms with Crippen LogP contribution in [0, 0.1) is 5.92 Å². The van der Waals surface area contributed by atoms with Crippen LogP contribution in [-0.4, -0.2) is 29.2 Å². The van der Waals surface area contributed by atoms with Crippen LogP contribution in [0.3, 0.4) is 0 Å². The Kier molecular flexibility index (Phi) is 5.10. The number of aromatic nitrogens is 2. The molecule has 1 saturated heterocycles. The largest absolute Gasteiger partial charge is 0.317 e. The molecule has 0 unspecified atom stereocenters. The lowest BCUT2D eigenvalue weighted by atomic mass is 9.93. The summed E-state index contributed by atoms with van der Waals surface area (Å²) in [6, 6.07) is 0. The maximum Gasteiger partial charge on any atom is 0.226 e. The lowest BCUT2D eigenvalue weighted by Crippen LogP contribution is -2.28. The van der Waals surface area contributed by atoms with E-state index in [1.165, 1.54) is 24.2 Å². The van der Waals surface area contributed by atoms with Crippen LogP contribution in [-0.2, 0) is 10.2 Å². The zero-order valence-corrected chi connectivity index (χ0v) is 13.3. The number of nitrogens with zero attached hydrogens (tertiary/aromatic N) is 2. The third-order valence-corrected chi connectivity index (χ3v) is 4.82. The van der Waals surface area contributed by atoms with Gasteiger partial charge in [-0.25, -0.2) is 0 Å². The second-order valence-corrected chi connectivity index (χ2v) is 7.42. The highest BCUT2D eigenvalue weighted by atomic mass is 32.1. The summed E-state index contributed by atoms with van der Waals surface area (Å²) in [7, 11) is 0. The number of hydrogen-bond donors (Lipinski definition) is 2. The number of nitrogens with one attached hydrogen (secondary N) is 2. The lowest BCUT2D eigenvalue weighted by molar-refractivity contribution is -0.116. The quantitative estimate of drug-likeness (QED) is 0.896. The average molecular weight is 296 g/mol. The fraction of sp³-hybridized carbons (Fsp3) is 0.786. The van der Waals surface area contributed by atoms with E-state index >= 15 is 0 Å². The molecule has 0 aromatic carbocycles. The fourth-order valence-electron chi connectivity index (χ4n) is 2.26. The van der Waals surface area contributed by atoms with Crippen LogP contribution in [0.4, 0.5) is 5.13 Å². The number of carbonyl (C=O) groups is 1. The highest BCUT2D eigenvalue weighted by Gasteiger charge is 2.20. The molecule has 112 valence electrons. The van der Waals surface area contributed by atoms with Crippen LogP contribution < -0.4 is 10.6 Å². The third-order valence-electron chi connectivity index (χ3n) is 3.55. The summed E-state index contributed by atoms with van der Waals surface area (Å²) < 4.78 is 0. The Balaban J connectivity index is 1.77. The summed E-state index contributed by atoms with van der Waals surface area (Å²) >= 11 is 1.47. The van der Waals surface area contributed by atoms with Crippen molar-refractivity contribution in [2.24, 2.45) is 5.92 Å². The van der Waals surface area contributed by atoms with Crippen LogP contribution in [0.2, 0.25) is 0 Å². The van der Waals surface area contributed by atoms with E-state index in [2.05, 4.69) is 41.6 Å². The number of piperidine rings is 1. The van der Waals surface area contributed by atoms with E-state index in [1.54, 1.807) is 0 Å². The molecule has 1 aliphatic rings. The molecule has 0 bridgehead atoms. The first-order valence-electron chi connectivity index (χ1n) is 7.29. The van der Waals surface area contributed by atoms with Gasteiger partial charge in [-0.1, -0.05) is 32.1 Å². The Hall–Kier alpha value is -1.01. The van der Waals surface area contributed by atoms with Crippen LogP contribution in [0.25, 0.3) is 0 Å². The Labute approximate surface area is 124 Å². The minimum absolute atomic E-state index is 0.0181. The number of carbonyl (C=O) groups excluding carboxylic acids is 1. The van der Waals surface area contributed by atoms with Crippen molar-refractivity contribution in [3.8, 4) is 0 Å². The van der Waals surface area contributed by atoms with Crippen molar-refractivity contribution >= 4 is 22.4 Å². The van der Waals surface area contributed by atoms with Gasteiger partial charge in [0.05, 0.1) is 0 Å². The standard InChI is InChI=1S/C14H24N4OS/c1-14(2,3)12-17-18-13(20-12)16-11(19)5-4-10-6-8-15-9-7-10/h10,15H,4-9H2,1-3H3,(H,16,18,19). The predicted molar refractivity (Wildman–Crippen MR) is 82.1 cm³/mol.